The number of amides is 2. The molecule has 1 unspecified atom stereocenters. The van der Waals surface area contributed by atoms with Gasteiger partial charge in [0.05, 0.1) is 12.1 Å². The predicted octanol–water partition coefficient (Wildman–Crippen LogP) is -0.0607. The number of nitrogens with one attached hydrogen (secondary N) is 2. The molecule has 1 saturated heterocycles. The second kappa shape index (κ2) is 4.97. The van der Waals surface area contributed by atoms with E-state index in [1.54, 1.807) is 0 Å². The van der Waals surface area contributed by atoms with E-state index < -0.39 is 12.0 Å². The fraction of sp³-hybridized carbons (Fsp3) is 0.778. The van der Waals surface area contributed by atoms with Gasteiger partial charge in [0.2, 0.25) is 0 Å². The second-order valence-electron chi connectivity index (χ2n) is 3.92. The minimum absolute atomic E-state index is 0.372. The Morgan fingerprint density at radius 3 is 2.80 bits per heavy atom. The zero-order valence-corrected chi connectivity index (χ0v) is 8.71. The standard InChI is InChI=1S/C9H16N2O4/c1-9(3-2-4-15-6-9)11-8(14)10-5-7(12)13/h2-6H2,1H3,(H,12,13)(H2,10,11,14). The number of carboxylic acids is 1. The van der Waals surface area contributed by atoms with Gasteiger partial charge in [0, 0.05) is 6.61 Å². The van der Waals surface area contributed by atoms with Crippen molar-refractivity contribution in [1.82, 2.24) is 10.6 Å². The number of aliphatic carboxylic acids is 1. The normalized spacial score (nSPS) is 25.7. The Bertz CT molecular complexity index is 248. The van der Waals surface area contributed by atoms with Gasteiger partial charge in [0.1, 0.15) is 6.54 Å². The lowest BCUT2D eigenvalue weighted by molar-refractivity contribution is -0.135. The van der Waals surface area contributed by atoms with Crippen molar-refractivity contribution in [3.8, 4) is 0 Å². The van der Waals surface area contributed by atoms with Crippen LogP contribution in [0.15, 0.2) is 0 Å². The van der Waals surface area contributed by atoms with E-state index in [9.17, 15) is 9.59 Å². The topological polar surface area (TPSA) is 87.7 Å². The van der Waals surface area contributed by atoms with Gasteiger partial charge in [-0.15, -0.1) is 0 Å². The van der Waals surface area contributed by atoms with Gasteiger partial charge in [-0.05, 0) is 19.8 Å². The molecule has 0 spiro atoms. The highest BCUT2D eigenvalue weighted by atomic mass is 16.5. The SMILES string of the molecule is CC1(NC(=O)NCC(=O)O)CCCOC1. The van der Waals surface area contributed by atoms with E-state index in [-0.39, 0.29) is 12.1 Å². The van der Waals surface area contributed by atoms with Crippen LogP contribution >= 0.6 is 0 Å². The van der Waals surface area contributed by atoms with Gasteiger partial charge >= 0.3 is 12.0 Å². The van der Waals surface area contributed by atoms with Crippen molar-refractivity contribution in [1.29, 1.82) is 0 Å². The summed E-state index contributed by atoms with van der Waals surface area (Å²) in [4.78, 5) is 21.5. The number of hydrogen-bond donors (Lipinski definition) is 3. The molecular formula is C9H16N2O4. The highest BCUT2D eigenvalue weighted by Crippen LogP contribution is 2.17. The van der Waals surface area contributed by atoms with Gasteiger partial charge in [-0.3, -0.25) is 4.79 Å². The first-order valence-electron chi connectivity index (χ1n) is 4.87. The maximum absolute atomic E-state index is 11.3. The van der Waals surface area contributed by atoms with Crippen LogP contribution in [0.5, 0.6) is 0 Å². The average molecular weight is 216 g/mol. The van der Waals surface area contributed by atoms with E-state index in [1.165, 1.54) is 0 Å². The summed E-state index contributed by atoms with van der Waals surface area (Å²) in [6.45, 7) is 2.69. The summed E-state index contributed by atoms with van der Waals surface area (Å²) in [6.07, 6.45) is 1.74. The summed E-state index contributed by atoms with van der Waals surface area (Å²) in [6, 6.07) is -0.467. The molecule has 6 heteroatoms. The highest BCUT2D eigenvalue weighted by molar-refractivity contribution is 5.80. The minimum atomic E-state index is -1.06. The second-order valence-corrected chi connectivity index (χ2v) is 3.92. The molecule has 0 aliphatic carbocycles. The van der Waals surface area contributed by atoms with Crippen LogP contribution in [0.25, 0.3) is 0 Å². The number of carbonyl (C=O) groups excluding carboxylic acids is 1. The Labute approximate surface area is 88.0 Å². The lowest BCUT2D eigenvalue weighted by Crippen LogP contribution is -2.55. The van der Waals surface area contributed by atoms with E-state index in [4.69, 9.17) is 9.84 Å². The zero-order valence-electron chi connectivity index (χ0n) is 8.71. The molecule has 1 aliphatic rings. The first-order chi connectivity index (χ1) is 7.02. The molecule has 0 bridgehead atoms. The fourth-order valence-electron chi connectivity index (χ4n) is 1.51. The third-order valence-electron chi connectivity index (χ3n) is 2.25. The molecule has 0 radical (unpaired) electrons. The average Bonchev–Trinajstić information content (AvgIpc) is 2.15. The minimum Gasteiger partial charge on any atom is -0.480 e. The summed E-state index contributed by atoms with van der Waals surface area (Å²) < 4.78 is 5.25. The van der Waals surface area contributed by atoms with Crippen LogP contribution in [0.4, 0.5) is 4.79 Å². The number of carboxylic acid groups (broad SMARTS) is 1. The quantitative estimate of drug-likeness (QED) is 0.616. The summed E-state index contributed by atoms with van der Waals surface area (Å²) in [5, 5.41) is 13.3. The van der Waals surface area contributed by atoms with E-state index in [1.807, 2.05) is 6.92 Å². The highest BCUT2D eigenvalue weighted by Gasteiger charge is 2.29. The van der Waals surface area contributed by atoms with Crippen LogP contribution in [-0.2, 0) is 9.53 Å². The van der Waals surface area contributed by atoms with Gasteiger partial charge in [0.15, 0.2) is 0 Å². The Hall–Kier alpha value is -1.30. The van der Waals surface area contributed by atoms with Crippen LogP contribution in [0.1, 0.15) is 19.8 Å². The Kier molecular flexibility index (Phi) is 3.90. The molecule has 0 aromatic heterocycles. The molecule has 0 aromatic carbocycles. The first-order valence-corrected chi connectivity index (χ1v) is 4.87. The van der Waals surface area contributed by atoms with Crippen molar-refractivity contribution < 1.29 is 19.4 Å². The lowest BCUT2D eigenvalue weighted by atomic mass is 9.95. The molecule has 15 heavy (non-hydrogen) atoms. The van der Waals surface area contributed by atoms with Gasteiger partial charge in [-0.2, -0.15) is 0 Å². The molecular weight excluding hydrogens is 200 g/mol. The van der Waals surface area contributed by atoms with Gasteiger partial charge in [0.25, 0.3) is 0 Å². The fourth-order valence-corrected chi connectivity index (χ4v) is 1.51. The van der Waals surface area contributed by atoms with Crippen molar-refractivity contribution in [2.75, 3.05) is 19.8 Å². The van der Waals surface area contributed by atoms with E-state index >= 15 is 0 Å². The number of urea groups is 1. The van der Waals surface area contributed by atoms with E-state index in [0.29, 0.717) is 13.2 Å². The molecule has 1 rings (SSSR count). The van der Waals surface area contributed by atoms with Crippen molar-refractivity contribution in [2.24, 2.45) is 0 Å². The van der Waals surface area contributed by atoms with Crippen LogP contribution in [0.3, 0.4) is 0 Å². The molecule has 1 aliphatic heterocycles. The van der Waals surface area contributed by atoms with Gasteiger partial charge in [-0.25, -0.2) is 4.79 Å². The number of carbonyl (C=O) groups is 2. The summed E-state index contributed by atoms with van der Waals surface area (Å²) in [5.74, 6) is -1.06. The first kappa shape index (κ1) is 11.8. The molecule has 6 nitrogen and oxygen atoms in total. The van der Waals surface area contributed by atoms with Crippen molar-refractivity contribution in [3.63, 3.8) is 0 Å². The third-order valence-corrected chi connectivity index (χ3v) is 2.25. The third kappa shape index (κ3) is 4.16. The van der Waals surface area contributed by atoms with Gasteiger partial charge < -0.3 is 20.5 Å². The molecule has 0 aromatic rings. The Balaban J connectivity index is 2.32. The van der Waals surface area contributed by atoms with Crippen LogP contribution in [0, 0.1) is 0 Å². The molecule has 1 fully saturated rings. The zero-order chi connectivity index (χ0) is 11.3. The maximum Gasteiger partial charge on any atom is 0.323 e. The summed E-state index contributed by atoms with van der Waals surface area (Å²) in [5.41, 5.74) is -0.388. The number of hydrogen-bond acceptors (Lipinski definition) is 3. The summed E-state index contributed by atoms with van der Waals surface area (Å²) >= 11 is 0. The van der Waals surface area contributed by atoms with Crippen LogP contribution in [-0.4, -0.2) is 42.4 Å². The summed E-state index contributed by atoms with van der Waals surface area (Å²) in [7, 11) is 0. The van der Waals surface area contributed by atoms with Crippen LogP contribution in [0.2, 0.25) is 0 Å². The number of rotatable bonds is 3. The number of ether oxygens (including phenoxy) is 1. The van der Waals surface area contributed by atoms with Crippen molar-refractivity contribution in [2.45, 2.75) is 25.3 Å². The molecule has 86 valence electrons. The predicted molar refractivity (Wildman–Crippen MR) is 52.6 cm³/mol. The smallest absolute Gasteiger partial charge is 0.323 e. The molecule has 3 N–H and O–H groups in total. The van der Waals surface area contributed by atoms with Crippen LogP contribution < -0.4 is 10.6 Å². The lowest BCUT2D eigenvalue weighted by Gasteiger charge is -2.34. The molecule has 2 amide bonds. The monoisotopic (exact) mass is 216 g/mol. The molecule has 1 heterocycles. The van der Waals surface area contributed by atoms with E-state index in [2.05, 4.69) is 10.6 Å². The van der Waals surface area contributed by atoms with E-state index in [0.717, 1.165) is 12.8 Å². The maximum atomic E-state index is 11.3. The van der Waals surface area contributed by atoms with Crippen molar-refractivity contribution >= 4 is 12.0 Å². The molecule has 1 atom stereocenters. The Morgan fingerprint density at radius 2 is 2.27 bits per heavy atom. The Morgan fingerprint density at radius 1 is 1.53 bits per heavy atom. The molecule has 0 saturated carbocycles. The largest absolute Gasteiger partial charge is 0.480 e. The van der Waals surface area contributed by atoms with Gasteiger partial charge in [-0.1, -0.05) is 0 Å². The van der Waals surface area contributed by atoms with Crippen molar-refractivity contribution in [3.05, 3.63) is 0 Å².